The van der Waals surface area contributed by atoms with Crippen LogP contribution in [0.4, 0.5) is 5.69 Å². The van der Waals surface area contributed by atoms with Crippen LogP contribution in [0.25, 0.3) is 0 Å². The first kappa shape index (κ1) is 20.2. The molecule has 1 aromatic rings. The monoisotopic (exact) mass is 332 g/mol. The van der Waals surface area contributed by atoms with E-state index in [1.165, 1.54) is 0 Å². The SMILES string of the molecule is CCCN(CCC)C(=O)CCN(C(C)=O)c1ccccc1C(C)C. The predicted molar refractivity (Wildman–Crippen MR) is 100 cm³/mol. The predicted octanol–water partition coefficient (Wildman–Crippen LogP) is 4.20. The molecule has 1 rings (SSSR count). The Morgan fingerprint density at radius 1 is 1.00 bits per heavy atom. The van der Waals surface area contributed by atoms with Gasteiger partial charge in [-0.25, -0.2) is 0 Å². The molecule has 0 N–H and O–H groups in total. The fourth-order valence-electron chi connectivity index (χ4n) is 2.94. The summed E-state index contributed by atoms with van der Waals surface area (Å²) in [6.45, 7) is 12.0. The smallest absolute Gasteiger partial charge is 0.224 e. The molecule has 0 spiro atoms. The fraction of sp³-hybridized carbons (Fsp3) is 0.600. The van der Waals surface area contributed by atoms with E-state index in [9.17, 15) is 9.59 Å². The van der Waals surface area contributed by atoms with Gasteiger partial charge in [-0.3, -0.25) is 9.59 Å². The van der Waals surface area contributed by atoms with Crippen LogP contribution < -0.4 is 4.90 Å². The molecular weight excluding hydrogens is 300 g/mol. The maximum absolute atomic E-state index is 12.5. The lowest BCUT2D eigenvalue weighted by molar-refractivity contribution is -0.131. The molecule has 0 aliphatic heterocycles. The first-order valence-electron chi connectivity index (χ1n) is 9.07. The molecule has 0 fully saturated rings. The number of carbonyl (C=O) groups excluding carboxylic acids is 2. The lowest BCUT2D eigenvalue weighted by Gasteiger charge is -2.27. The highest BCUT2D eigenvalue weighted by Gasteiger charge is 2.19. The topological polar surface area (TPSA) is 40.6 Å². The molecule has 0 unspecified atom stereocenters. The largest absolute Gasteiger partial charge is 0.343 e. The van der Waals surface area contributed by atoms with Crippen molar-refractivity contribution < 1.29 is 9.59 Å². The number of anilines is 1. The molecular formula is C20H32N2O2. The molecule has 0 aliphatic rings. The molecule has 0 saturated heterocycles. The van der Waals surface area contributed by atoms with Crippen molar-refractivity contribution in [1.29, 1.82) is 0 Å². The summed E-state index contributed by atoms with van der Waals surface area (Å²) in [4.78, 5) is 28.3. The lowest BCUT2D eigenvalue weighted by atomic mass is 10.00. The van der Waals surface area contributed by atoms with E-state index >= 15 is 0 Å². The van der Waals surface area contributed by atoms with Gasteiger partial charge < -0.3 is 9.80 Å². The standard InChI is InChI=1S/C20H32N2O2/c1-6-13-21(14-7-2)20(24)12-15-22(17(5)23)19-11-9-8-10-18(19)16(3)4/h8-11,16H,6-7,12-15H2,1-5H3. The molecule has 4 heteroatoms. The van der Waals surface area contributed by atoms with Gasteiger partial charge in [-0.2, -0.15) is 0 Å². The van der Waals surface area contributed by atoms with E-state index in [1.54, 1.807) is 11.8 Å². The third-order valence-corrected chi connectivity index (χ3v) is 4.12. The molecule has 24 heavy (non-hydrogen) atoms. The molecule has 134 valence electrons. The fourth-order valence-corrected chi connectivity index (χ4v) is 2.94. The molecule has 0 atom stereocenters. The summed E-state index contributed by atoms with van der Waals surface area (Å²) in [5.74, 6) is 0.441. The zero-order valence-corrected chi connectivity index (χ0v) is 15.8. The van der Waals surface area contributed by atoms with Crippen LogP contribution in [0, 0.1) is 0 Å². The number of para-hydroxylation sites is 1. The van der Waals surface area contributed by atoms with Crippen LogP contribution in [0.1, 0.15) is 65.4 Å². The summed E-state index contributed by atoms with van der Waals surface area (Å²) in [5.41, 5.74) is 2.06. The molecule has 0 saturated carbocycles. The Morgan fingerprint density at radius 2 is 1.58 bits per heavy atom. The number of hydrogen-bond donors (Lipinski definition) is 0. The van der Waals surface area contributed by atoms with Crippen molar-refractivity contribution in [3.05, 3.63) is 29.8 Å². The average Bonchev–Trinajstić information content (AvgIpc) is 2.54. The van der Waals surface area contributed by atoms with Crippen LogP contribution >= 0.6 is 0 Å². The zero-order valence-electron chi connectivity index (χ0n) is 15.8. The van der Waals surface area contributed by atoms with Gasteiger partial charge in [-0.1, -0.05) is 45.9 Å². The van der Waals surface area contributed by atoms with Crippen molar-refractivity contribution in [2.45, 2.75) is 59.8 Å². The average molecular weight is 332 g/mol. The van der Waals surface area contributed by atoms with Crippen LogP contribution in [0.5, 0.6) is 0 Å². The Labute approximate surface area is 146 Å². The van der Waals surface area contributed by atoms with Gasteiger partial charge in [0.25, 0.3) is 0 Å². The highest BCUT2D eigenvalue weighted by Crippen LogP contribution is 2.27. The molecule has 0 bridgehead atoms. The quantitative estimate of drug-likeness (QED) is 0.680. The van der Waals surface area contributed by atoms with E-state index in [-0.39, 0.29) is 11.8 Å². The van der Waals surface area contributed by atoms with Gasteiger partial charge in [0.1, 0.15) is 0 Å². The van der Waals surface area contributed by atoms with Gasteiger partial charge in [-0.05, 0) is 30.4 Å². The summed E-state index contributed by atoms with van der Waals surface area (Å²) in [5, 5.41) is 0. The molecule has 0 radical (unpaired) electrons. The summed E-state index contributed by atoms with van der Waals surface area (Å²) >= 11 is 0. The molecule has 4 nitrogen and oxygen atoms in total. The first-order valence-corrected chi connectivity index (χ1v) is 9.07. The second-order valence-electron chi connectivity index (χ2n) is 6.51. The summed E-state index contributed by atoms with van der Waals surface area (Å²) < 4.78 is 0. The molecule has 0 heterocycles. The number of rotatable bonds is 9. The highest BCUT2D eigenvalue weighted by atomic mass is 16.2. The Bertz CT molecular complexity index is 534. The zero-order chi connectivity index (χ0) is 18.1. The van der Waals surface area contributed by atoms with Crippen molar-refractivity contribution in [1.82, 2.24) is 4.90 Å². The number of amides is 2. The maximum atomic E-state index is 12.5. The van der Waals surface area contributed by atoms with Crippen LogP contribution in [0.15, 0.2) is 24.3 Å². The van der Waals surface area contributed by atoms with Crippen LogP contribution in [0.2, 0.25) is 0 Å². The van der Waals surface area contributed by atoms with Crippen LogP contribution in [-0.2, 0) is 9.59 Å². The Morgan fingerprint density at radius 3 is 2.08 bits per heavy atom. The van der Waals surface area contributed by atoms with Gasteiger partial charge in [0, 0.05) is 38.7 Å². The van der Waals surface area contributed by atoms with Gasteiger partial charge in [0.15, 0.2) is 0 Å². The first-order chi connectivity index (χ1) is 11.4. The molecule has 0 aliphatic carbocycles. The minimum Gasteiger partial charge on any atom is -0.343 e. The Hall–Kier alpha value is -1.84. The van der Waals surface area contributed by atoms with E-state index in [2.05, 4.69) is 33.8 Å². The number of carbonyl (C=O) groups is 2. The molecule has 2 amide bonds. The van der Waals surface area contributed by atoms with Gasteiger partial charge in [0.05, 0.1) is 0 Å². The Balaban J connectivity index is 2.88. The summed E-state index contributed by atoms with van der Waals surface area (Å²) in [6, 6.07) is 7.96. The minimum atomic E-state index is -0.0200. The van der Waals surface area contributed by atoms with Gasteiger partial charge in [0.2, 0.25) is 11.8 Å². The number of nitrogens with zero attached hydrogens (tertiary/aromatic N) is 2. The van der Waals surface area contributed by atoms with Gasteiger partial charge in [-0.15, -0.1) is 0 Å². The third kappa shape index (κ3) is 5.66. The van der Waals surface area contributed by atoms with Crippen LogP contribution in [0.3, 0.4) is 0 Å². The number of benzene rings is 1. The second kappa shape index (κ2) is 10.1. The molecule has 1 aromatic carbocycles. The van der Waals surface area contributed by atoms with Crippen molar-refractivity contribution in [3.8, 4) is 0 Å². The van der Waals surface area contributed by atoms with Crippen molar-refractivity contribution in [2.75, 3.05) is 24.5 Å². The van der Waals surface area contributed by atoms with E-state index in [0.29, 0.717) is 18.9 Å². The molecule has 0 aromatic heterocycles. The van der Waals surface area contributed by atoms with E-state index < -0.39 is 0 Å². The minimum absolute atomic E-state index is 0.0200. The maximum Gasteiger partial charge on any atom is 0.224 e. The van der Waals surface area contributed by atoms with Crippen molar-refractivity contribution in [2.24, 2.45) is 0 Å². The summed E-state index contributed by atoms with van der Waals surface area (Å²) in [7, 11) is 0. The van der Waals surface area contributed by atoms with Crippen molar-refractivity contribution in [3.63, 3.8) is 0 Å². The van der Waals surface area contributed by atoms with E-state index in [4.69, 9.17) is 0 Å². The van der Waals surface area contributed by atoms with Crippen LogP contribution in [-0.4, -0.2) is 36.3 Å². The van der Waals surface area contributed by atoms with E-state index in [1.807, 2.05) is 23.1 Å². The number of hydrogen-bond acceptors (Lipinski definition) is 2. The lowest BCUT2D eigenvalue weighted by Crippen LogP contribution is -2.37. The van der Waals surface area contributed by atoms with Gasteiger partial charge >= 0.3 is 0 Å². The summed E-state index contributed by atoms with van der Waals surface area (Å²) in [6.07, 6.45) is 2.28. The Kier molecular flexibility index (Phi) is 8.51. The van der Waals surface area contributed by atoms with E-state index in [0.717, 1.165) is 37.2 Å². The highest BCUT2D eigenvalue weighted by molar-refractivity contribution is 5.93. The third-order valence-electron chi connectivity index (χ3n) is 4.12. The second-order valence-corrected chi connectivity index (χ2v) is 6.51. The normalized spacial score (nSPS) is 10.8. The van der Waals surface area contributed by atoms with Crippen molar-refractivity contribution >= 4 is 17.5 Å².